The molecule has 2 aromatic carbocycles. The van der Waals surface area contributed by atoms with E-state index in [1.807, 2.05) is 0 Å². The Morgan fingerprint density at radius 2 is 1.70 bits per heavy atom. The normalized spacial score (nSPS) is 10.8. The lowest BCUT2D eigenvalue weighted by molar-refractivity contribution is 0.112. The number of benzene rings is 2. The van der Waals surface area contributed by atoms with Gasteiger partial charge in [-0.25, -0.2) is 0 Å². The van der Waals surface area contributed by atoms with Crippen molar-refractivity contribution in [2.45, 2.75) is 4.90 Å². The molecule has 2 aromatic rings. The number of hydrogen-bond acceptors (Lipinski definition) is 5. The molecule has 0 amide bonds. The number of ether oxygens (including phenoxy) is 1. The van der Waals surface area contributed by atoms with Gasteiger partial charge in [0, 0.05) is 0 Å². The minimum atomic E-state index is -4.02. The predicted octanol–water partition coefficient (Wildman–Crippen LogP) is 2.28. The van der Waals surface area contributed by atoms with Gasteiger partial charge in [0.15, 0.2) is 17.8 Å². The van der Waals surface area contributed by atoms with Gasteiger partial charge in [0.25, 0.3) is 0 Å². The van der Waals surface area contributed by atoms with Crippen LogP contribution in [0.25, 0.3) is 0 Å². The molecule has 6 heteroatoms. The molecule has 20 heavy (non-hydrogen) atoms. The second kappa shape index (κ2) is 5.75. The van der Waals surface area contributed by atoms with Crippen molar-refractivity contribution in [2.75, 3.05) is 7.11 Å². The van der Waals surface area contributed by atoms with Crippen LogP contribution in [0.15, 0.2) is 53.4 Å². The fourth-order valence-corrected chi connectivity index (χ4v) is 2.60. The predicted molar refractivity (Wildman–Crippen MR) is 72.6 cm³/mol. The number of aldehydes is 1. The van der Waals surface area contributed by atoms with Crippen LogP contribution in [-0.4, -0.2) is 21.8 Å². The molecule has 0 unspecified atom stereocenters. The summed E-state index contributed by atoms with van der Waals surface area (Å²) in [6.07, 6.45) is 0.512. The van der Waals surface area contributed by atoms with Crippen LogP contribution >= 0.6 is 0 Å². The molecule has 0 bridgehead atoms. The van der Waals surface area contributed by atoms with Crippen molar-refractivity contribution < 1.29 is 22.1 Å². The lowest BCUT2D eigenvalue weighted by atomic mass is 10.2. The first-order valence-electron chi connectivity index (χ1n) is 5.70. The number of rotatable bonds is 5. The Bertz CT molecular complexity index is 708. The smallest absolute Gasteiger partial charge is 0.339 e. The summed E-state index contributed by atoms with van der Waals surface area (Å²) in [5.74, 6) is 0.0583. The Hall–Kier alpha value is -2.34. The van der Waals surface area contributed by atoms with Gasteiger partial charge in [-0.2, -0.15) is 8.42 Å². The van der Waals surface area contributed by atoms with Crippen molar-refractivity contribution in [3.63, 3.8) is 0 Å². The van der Waals surface area contributed by atoms with E-state index in [9.17, 15) is 13.2 Å². The van der Waals surface area contributed by atoms with Gasteiger partial charge >= 0.3 is 10.1 Å². The second-order valence-corrected chi connectivity index (χ2v) is 5.39. The molecule has 0 aliphatic heterocycles. The third kappa shape index (κ3) is 2.80. The van der Waals surface area contributed by atoms with Crippen molar-refractivity contribution in [2.24, 2.45) is 0 Å². The molecule has 0 fully saturated rings. The van der Waals surface area contributed by atoms with Crippen LogP contribution in [0.3, 0.4) is 0 Å². The van der Waals surface area contributed by atoms with Crippen molar-refractivity contribution in [1.82, 2.24) is 0 Å². The average molecular weight is 292 g/mol. The van der Waals surface area contributed by atoms with E-state index in [0.29, 0.717) is 6.29 Å². The largest absolute Gasteiger partial charge is 0.493 e. The Balaban J connectivity index is 2.47. The van der Waals surface area contributed by atoms with Crippen molar-refractivity contribution >= 4 is 16.4 Å². The van der Waals surface area contributed by atoms with Gasteiger partial charge in [-0.15, -0.1) is 0 Å². The summed E-state index contributed by atoms with van der Waals surface area (Å²) < 4.78 is 34.4. The highest BCUT2D eigenvalue weighted by Crippen LogP contribution is 2.32. The molecule has 0 heterocycles. The van der Waals surface area contributed by atoms with E-state index >= 15 is 0 Å². The maximum atomic E-state index is 12.1. The molecule has 0 saturated carbocycles. The summed E-state index contributed by atoms with van der Waals surface area (Å²) in [6.45, 7) is 0. The summed E-state index contributed by atoms with van der Waals surface area (Å²) >= 11 is 0. The van der Waals surface area contributed by atoms with E-state index in [1.54, 1.807) is 24.3 Å². The van der Waals surface area contributed by atoms with E-state index in [4.69, 9.17) is 8.92 Å². The lowest BCUT2D eigenvalue weighted by Gasteiger charge is -2.12. The van der Waals surface area contributed by atoms with E-state index in [0.717, 1.165) is 0 Å². The van der Waals surface area contributed by atoms with Crippen LogP contribution in [0.4, 0.5) is 0 Å². The Morgan fingerprint density at radius 1 is 1.00 bits per heavy atom. The number of carbonyl (C=O) groups is 1. The number of hydrogen-bond donors (Lipinski definition) is 0. The first kappa shape index (κ1) is 14.1. The highest BCUT2D eigenvalue weighted by atomic mass is 32.2. The van der Waals surface area contributed by atoms with Crippen LogP contribution in [0, 0.1) is 0 Å². The number of methoxy groups -OCH3 is 1. The molecular weight excluding hydrogens is 280 g/mol. The molecule has 0 N–H and O–H groups in total. The molecule has 0 saturated heterocycles. The van der Waals surface area contributed by atoms with Crippen molar-refractivity contribution in [3.8, 4) is 11.5 Å². The van der Waals surface area contributed by atoms with Gasteiger partial charge in [-0.1, -0.05) is 24.3 Å². The van der Waals surface area contributed by atoms with Gasteiger partial charge in [0.05, 0.1) is 12.7 Å². The fourth-order valence-electron chi connectivity index (χ4n) is 1.62. The van der Waals surface area contributed by atoms with E-state index in [-0.39, 0.29) is 22.0 Å². The SMILES string of the molecule is COc1cccc(C=O)c1OS(=O)(=O)c1ccccc1. The average Bonchev–Trinajstić information content (AvgIpc) is 2.48. The van der Waals surface area contributed by atoms with Gasteiger partial charge in [0.1, 0.15) is 4.90 Å². The van der Waals surface area contributed by atoms with E-state index in [1.165, 1.54) is 31.4 Å². The molecule has 104 valence electrons. The molecule has 0 atom stereocenters. The fraction of sp³-hybridized carbons (Fsp3) is 0.0714. The lowest BCUT2D eigenvalue weighted by Crippen LogP contribution is -2.11. The number of carbonyl (C=O) groups excluding carboxylic acids is 1. The Labute approximate surface area is 116 Å². The quantitative estimate of drug-likeness (QED) is 0.624. The third-order valence-electron chi connectivity index (χ3n) is 2.58. The number of para-hydroxylation sites is 1. The highest BCUT2D eigenvalue weighted by Gasteiger charge is 2.21. The maximum absolute atomic E-state index is 12.1. The molecule has 0 aliphatic rings. The third-order valence-corrected chi connectivity index (χ3v) is 3.82. The van der Waals surface area contributed by atoms with Gasteiger partial charge in [-0.05, 0) is 24.3 Å². The maximum Gasteiger partial charge on any atom is 0.339 e. The van der Waals surface area contributed by atoms with Crippen LogP contribution in [0.5, 0.6) is 11.5 Å². The summed E-state index contributed by atoms with van der Waals surface area (Å²) in [4.78, 5) is 11.0. The zero-order chi connectivity index (χ0) is 14.6. The molecule has 0 aromatic heterocycles. The van der Waals surface area contributed by atoms with Crippen molar-refractivity contribution in [1.29, 1.82) is 0 Å². The molecule has 0 spiro atoms. The van der Waals surface area contributed by atoms with Crippen LogP contribution in [0.2, 0.25) is 0 Å². The summed E-state index contributed by atoms with van der Waals surface area (Å²) in [7, 11) is -2.65. The van der Waals surface area contributed by atoms with Crippen LogP contribution in [0.1, 0.15) is 10.4 Å². The minimum Gasteiger partial charge on any atom is -0.493 e. The van der Waals surface area contributed by atoms with Gasteiger partial charge in [0.2, 0.25) is 0 Å². The van der Waals surface area contributed by atoms with Gasteiger partial charge in [-0.3, -0.25) is 4.79 Å². The van der Waals surface area contributed by atoms with E-state index in [2.05, 4.69) is 0 Å². The highest BCUT2D eigenvalue weighted by molar-refractivity contribution is 7.87. The zero-order valence-electron chi connectivity index (χ0n) is 10.6. The standard InChI is InChI=1S/C14H12O5S/c1-18-13-9-5-6-11(10-15)14(13)19-20(16,17)12-7-3-2-4-8-12/h2-10H,1H3. The summed E-state index contributed by atoms with van der Waals surface area (Å²) in [6, 6.07) is 12.2. The summed E-state index contributed by atoms with van der Waals surface area (Å²) in [5, 5.41) is 0. The molecule has 5 nitrogen and oxygen atoms in total. The first-order valence-corrected chi connectivity index (χ1v) is 7.11. The molecule has 0 radical (unpaired) electrons. The topological polar surface area (TPSA) is 69.7 Å². The van der Waals surface area contributed by atoms with Crippen LogP contribution < -0.4 is 8.92 Å². The van der Waals surface area contributed by atoms with E-state index < -0.39 is 10.1 Å². The summed E-state index contributed by atoms with van der Waals surface area (Å²) in [5.41, 5.74) is 0.101. The molecular formula is C14H12O5S. The Morgan fingerprint density at radius 3 is 2.30 bits per heavy atom. The first-order chi connectivity index (χ1) is 9.58. The second-order valence-electron chi connectivity index (χ2n) is 3.85. The van der Waals surface area contributed by atoms with Crippen LogP contribution in [-0.2, 0) is 10.1 Å². The minimum absolute atomic E-state index is 0.00255. The molecule has 0 aliphatic carbocycles. The van der Waals surface area contributed by atoms with Gasteiger partial charge < -0.3 is 8.92 Å². The Kier molecular flexibility index (Phi) is 4.05. The van der Waals surface area contributed by atoms with Crippen molar-refractivity contribution in [3.05, 3.63) is 54.1 Å². The monoisotopic (exact) mass is 292 g/mol. The zero-order valence-corrected chi connectivity index (χ0v) is 11.5. The molecule has 2 rings (SSSR count).